The van der Waals surface area contributed by atoms with Gasteiger partial charge in [-0.15, -0.1) is 11.8 Å². The predicted octanol–water partition coefficient (Wildman–Crippen LogP) is 6.80. The topological polar surface area (TPSA) is 152 Å². The number of hydrogen-bond acceptors (Lipinski definition) is 8. The van der Waals surface area contributed by atoms with Crippen molar-refractivity contribution < 1.29 is 29.0 Å². The first-order valence-electron chi connectivity index (χ1n) is 15.8. The number of ether oxygens (including phenoxy) is 2. The van der Waals surface area contributed by atoms with Crippen LogP contribution in [0.4, 0.5) is 22.7 Å². The van der Waals surface area contributed by atoms with Crippen LogP contribution < -0.4 is 21.7 Å². The number of thioether (sulfide) groups is 1. The number of aliphatic hydroxyl groups is 1. The van der Waals surface area contributed by atoms with Crippen molar-refractivity contribution in [3.05, 3.63) is 114 Å². The summed E-state index contributed by atoms with van der Waals surface area (Å²) in [6.07, 6.45) is 0.461. The molecule has 10 nitrogen and oxygen atoms in total. The maximum atomic E-state index is 12.6. The molecule has 1 saturated heterocycles. The van der Waals surface area contributed by atoms with Gasteiger partial charge in [0.1, 0.15) is 0 Å². The smallest absolute Gasteiger partial charge is 0.224 e. The lowest BCUT2D eigenvalue weighted by Crippen LogP contribution is -2.31. The maximum Gasteiger partial charge on any atom is 0.224 e. The Bertz CT molecular complexity index is 1680. The highest BCUT2D eigenvalue weighted by Gasteiger charge is 2.32. The Kier molecular flexibility index (Phi) is 12.2. The molecule has 0 spiro atoms. The normalized spacial score (nSPS) is 17.3. The Morgan fingerprint density at radius 3 is 2.08 bits per heavy atom. The van der Waals surface area contributed by atoms with Crippen molar-refractivity contribution in [2.75, 3.05) is 27.4 Å². The summed E-state index contributed by atoms with van der Waals surface area (Å²) in [7, 11) is 0. The van der Waals surface area contributed by atoms with E-state index >= 15 is 0 Å². The number of amides is 3. The largest absolute Gasteiger partial charge is 0.397 e. The van der Waals surface area contributed by atoms with Gasteiger partial charge >= 0.3 is 0 Å². The van der Waals surface area contributed by atoms with Gasteiger partial charge in [-0.05, 0) is 66.1 Å². The van der Waals surface area contributed by atoms with E-state index in [-0.39, 0.29) is 49.4 Å². The van der Waals surface area contributed by atoms with Crippen LogP contribution in [-0.4, -0.2) is 34.7 Å². The molecule has 0 unspecified atom stereocenters. The number of nitrogens with one attached hydrogen (secondary N) is 3. The number of carbonyl (C=O) groups excluding carboxylic acids is 3. The minimum atomic E-state index is -0.629. The van der Waals surface area contributed by atoms with E-state index < -0.39 is 6.29 Å². The van der Waals surface area contributed by atoms with Gasteiger partial charge in [-0.1, -0.05) is 48.5 Å². The van der Waals surface area contributed by atoms with Crippen LogP contribution in [0.5, 0.6) is 0 Å². The summed E-state index contributed by atoms with van der Waals surface area (Å²) in [6.45, 7) is 1.45. The minimum absolute atomic E-state index is 0.0282. The van der Waals surface area contributed by atoms with Crippen molar-refractivity contribution in [2.45, 2.75) is 62.6 Å². The first-order valence-corrected chi connectivity index (χ1v) is 16.8. The highest BCUT2D eigenvalue weighted by atomic mass is 32.2. The van der Waals surface area contributed by atoms with E-state index in [1.54, 1.807) is 36.0 Å². The molecule has 11 heteroatoms. The third-order valence-electron chi connectivity index (χ3n) is 7.73. The van der Waals surface area contributed by atoms with Gasteiger partial charge in [-0.25, -0.2) is 0 Å². The van der Waals surface area contributed by atoms with Crippen LogP contribution in [0, 0.1) is 0 Å². The van der Waals surface area contributed by atoms with E-state index in [4.69, 9.17) is 15.2 Å². The van der Waals surface area contributed by atoms with Gasteiger partial charge in [0.25, 0.3) is 0 Å². The minimum Gasteiger partial charge on any atom is -0.397 e. The number of hydrogen-bond donors (Lipinski definition) is 5. The summed E-state index contributed by atoms with van der Waals surface area (Å²) in [6, 6.07) is 29.9. The third-order valence-corrected chi connectivity index (χ3v) is 8.88. The fourth-order valence-electron chi connectivity index (χ4n) is 5.23. The highest BCUT2D eigenvalue weighted by molar-refractivity contribution is 7.99. The Labute approximate surface area is 284 Å². The predicted molar refractivity (Wildman–Crippen MR) is 188 cm³/mol. The summed E-state index contributed by atoms with van der Waals surface area (Å²) >= 11 is 1.67. The zero-order valence-electron chi connectivity index (χ0n) is 26.7. The van der Waals surface area contributed by atoms with Crippen molar-refractivity contribution in [2.24, 2.45) is 0 Å². The number of anilines is 4. The Hall–Kier alpha value is -4.68. The number of para-hydroxylation sites is 2. The molecule has 3 atom stereocenters. The van der Waals surface area contributed by atoms with Gasteiger partial charge < -0.3 is 36.3 Å². The fraction of sp³-hybridized carbons (Fsp3) is 0.270. The number of aliphatic hydroxyl groups excluding tert-OH is 1. The van der Waals surface area contributed by atoms with Crippen molar-refractivity contribution in [3.8, 4) is 0 Å². The molecule has 0 aliphatic carbocycles. The molecule has 0 radical (unpaired) electrons. The second-order valence-corrected chi connectivity index (χ2v) is 12.6. The van der Waals surface area contributed by atoms with E-state index in [1.165, 1.54) is 6.92 Å². The summed E-state index contributed by atoms with van der Waals surface area (Å²) in [5, 5.41) is 17.9. The van der Waals surface area contributed by atoms with E-state index in [9.17, 15) is 19.5 Å². The third kappa shape index (κ3) is 10.2. The average Bonchev–Trinajstić information content (AvgIpc) is 3.09. The van der Waals surface area contributed by atoms with E-state index in [0.29, 0.717) is 35.7 Å². The molecule has 0 aromatic heterocycles. The number of nitrogen functional groups attached to an aromatic ring is 1. The van der Waals surface area contributed by atoms with E-state index in [1.807, 2.05) is 72.8 Å². The zero-order chi connectivity index (χ0) is 33.9. The molecule has 4 aromatic rings. The Balaban J connectivity index is 1.17. The summed E-state index contributed by atoms with van der Waals surface area (Å²) in [5.41, 5.74) is 11.0. The first-order chi connectivity index (χ1) is 23.2. The van der Waals surface area contributed by atoms with Gasteiger partial charge in [0.05, 0.1) is 30.2 Å². The van der Waals surface area contributed by atoms with Crippen LogP contribution >= 0.6 is 11.8 Å². The van der Waals surface area contributed by atoms with Gasteiger partial charge in [0.15, 0.2) is 6.29 Å². The quantitative estimate of drug-likeness (QED) is 0.0770. The monoisotopic (exact) mass is 668 g/mol. The van der Waals surface area contributed by atoms with Crippen LogP contribution in [0.1, 0.15) is 61.7 Å². The van der Waals surface area contributed by atoms with Crippen molar-refractivity contribution in [1.82, 2.24) is 0 Å². The van der Waals surface area contributed by atoms with Crippen LogP contribution in [0.15, 0.2) is 102 Å². The lowest BCUT2D eigenvalue weighted by Gasteiger charge is -2.36. The van der Waals surface area contributed by atoms with Gasteiger partial charge in [-0.2, -0.15) is 0 Å². The van der Waals surface area contributed by atoms with Crippen LogP contribution in [0.25, 0.3) is 0 Å². The lowest BCUT2D eigenvalue weighted by molar-refractivity contribution is -0.245. The average molecular weight is 669 g/mol. The van der Waals surface area contributed by atoms with Crippen LogP contribution in [0.3, 0.4) is 0 Å². The molecule has 0 saturated carbocycles. The maximum absolute atomic E-state index is 12.6. The lowest BCUT2D eigenvalue weighted by atomic mass is 10.0. The number of nitrogens with two attached hydrogens (primary N) is 1. The van der Waals surface area contributed by atoms with Crippen LogP contribution in [-0.2, 0) is 30.5 Å². The van der Waals surface area contributed by atoms with Crippen molar-refractivity contribution in [1.29, 1.82) is 0 Å². The Morgan fingerprint density at radius 1 is 0.792 bits per heavy atom. The van der Waals surface area contributed by atoms with Gasteiger partial charge in [-0.3, -0.25) is 14.4 Å². The molecule has 250 valence electrons. The van der Waals surface area contributed by atoms with Crippen molar-refractivity contribution >= 4 is 52.2 Å². The number of rotatable bonds is 13. The van der Waals surface area contributed by atoms with Gasteiger partial charge in [0, 0.05) is 53.8 Å². The molecule has 6 N–H and O–H groups in total. The summed E-state index contributed by atoms with van der Waals surface area (Å²) < 4.78 is 12.9. The molecule has 1 fully saturated rings. The second-order valence-electron chi connectivity index (χ2n) is 11.5. The molecule has 1 aliphatic rings. The molecule has 3 amide bonds. The van der Waals surface area contributed by atoms with E-state index in [2.05, 4.69) is 16.0 Å². The summed E-state index contributed by atoms with van der Waals surface area (Å²) in [5.74, 6) is 0.193. The molecule has 1 aliphatic heterocycles. The zero-order valence-corrected chi connectivity index (χ0v) is 27.5. The molecular weight excluding hydrogens is 628 g/mol. The van der Waals surface area contributed by atoms with Gasteiger partial charge in [0.2, 0.25) is 17.7 Å². The summed E-state index contributed by atoms with van der Waals surface area (Å²) in [4.78, 5) is 37.3. The molecule has 0 bridgehead atoms. The molecular formula is C37H40N4O6S. The number of carbonyl (C=O) groups is 3. The second kappa shape index (κ2) is 16.9. The van der Waals surface area contributed by atoms with Crippen LogP contribution in [0.2, 0.25) is 0 Å². The molecule has 48 heavy (non-hydrogen) atoms. The first kappa shape index (κ1) is 34.6. The molecule has 5 rings (SSSR count). The SMILES string of the molecule is CC(=O)Nc1ccc(SC[C@@H]2C[C@H](c3ccc(CO)cc3)O[C@H](c3ccc(NC(=O)CCCC(=O)Nc4ccccc4N)cc3)O2)cc1. The molecule has 4 aromatic carbocycles. The number of benzene rings is 4. The highest BCUT2D eigenvalue weighted by Crippen LogP contribution is 2.39. The standard InChI is InChI=1S/C37H40N4O6S/c1-24(43)39-28-17-19-31(20-18-28)48-23-30-21-34(26-11-9-25(22-42)10-12-26)47-37(46-30)27-13-15-29(16-14-27)40-35(44)7-4-8-36(45)41-33-6-3-2-5-32(33)38/h2-3,5-6,9-20,30,34,37,42H,4,7-8,21-23,38H2,1H3,(H,39,43)(H,40,44)(H,41,45)/t30-,34+,37+/m0/s1. The van der Waals surface area contributed by atoms with E-state index in [0.717, 1.165) is 27.3 Å². The Morgan fingerprint density at radius 2 is 1.42 bits per heavy atom. The fourth-order valence-corrected chi connectivity index (χ4v) is 6.15. The van der Waals surface area contributed by atoms with Crippen molar-refractivity contribution in [3.63, 3.8) is 0 Å². The molecule has 1 heterocycles.